The number of benzene rings is 4. The summed E-state index contributed by atoms with van der Waals surface area (Å²) in [5.41, 5.74) is 6.27. The summed E-state index contributed by atoms with van der Waals surface area (Å²) >= 11 is 7.38. The van der Waals surface area contributed by atoms with Crippen molar-refractivity contribution in [1.82, 2.24) is 20.2 Å². The second kappa shape index (κ2) is 13.6. The van der Waals surface area contributed by atoms with Crippen LogP contribution in [0.5, 0.6) is 11.5 Å². The van der Waals surface area contributed by atoms with Crippen molar-refractivity contribution in [1.29, 1.82) is 0 Å². The largest absolute Gasteiger partial charge is 0.457 e. The van der Waals surface area contributed by atoms with Gasteiger partial charge in [0, 0.05) is 16.4 Å². The van der Waals surface area contributed by atoms with Gasteiger partial charge in [0.15, 0.2) is 11.0 Å². The molecule has 2 N–H and O–H groups in total. The standard InChI is InChI=1S/C31H27ClN6O2S/c1-22-17-24(32)15-16-28(22)33-20-29-35-37-31(38(29)25-10-4-2-5-11-25)41-21-30(39)36-34-19-23-9-8-14-27(18-23)40-26-12-6-3-7-13-26/h2-19,33H,20-21H2,1H3,(H,36,39). The Kier molecular flexibility index (Phi) is 9.30. The van der Waals surface area contributed by atoms with Crippen LogP contribution in [0, 0.1) is 6.92 Å². The third kappa shape index (κ3) is 7.75. The summed E-state index contributed by atoms with van der Waals surface area (Å²) in [4.78, 5) is 12.6. The van der Waals surface area contributed by atoms with Gasteiger partial charge in [-0.05, 0) is 72.6 Å². The van der Waals surface area contributed by atoms with E-state index in [1.165, 1.54) is 11.8 Å². The van der Waals surface area contributed by atoms with Gasteiger partial charge >= 0.3 is 0 Å². The minimum absolute atomic E-state index is 0.114. The Hall–Kier alpha value is -4.60. The average Bonchev–Trinajstić information content (AvgIpc) is 3.39. The van der Waals surface area contributed by atoms with Crippen LogP contribution in [-0.4, -0.2) is 32.6 Å². The fraction of sp³-hybridized carbons (Fsp3) is 0.0968. The lowest BCUT2D eigenvalue weighted by Gasteiger charge is -2.12. The number of hydrazone groups is 1. The van der Waals surface area contributed by atoms with Gasteiger partial charge < -0.3 is 10.1 Å². The first kappa shape index (κ1) is 27.9. The number of thioether (sulfide) groups is 1. The highest BCUT2D eigenvalue weighted by molar-refractivity contribution is 7.99. The van der Waals surface area contributed by atoms with Gasteiger partial charge in [-0.1, -0.05) is 71.9 Å². The maximum Gasteiger partial charge on any atom is 0.250 e. The Labute approximate surface area is 247 Å². The lowest BCUT2D eigenvalue weighted by molar-refractivity contribution is -0.118. The van der Waals surface area contributed by atoms with Crippen molar-refractivity contribution in [2.45, 2.75) is 18.6 Å². The van der Waals surface area contributed by atoms with Gasteiger partial charge in [0.05, 0.1) is 18.5 Å². The average molecular weight is 583 g/mol. The van der Waals surface area contributed by atoms with Gasteiger partial charge in [0.25, 0.3) is 5.91 Å². The molecule has 10 heteroatoms. The number of aromatic nitrogens is 3. The van der Waals surface area contributed by atoms with Crippen molar-refractivity contribution in [3.05, 3.63) is 125 Å². The van der Waals surface area contributed by atoms with Gasteiger partial charge in [0.2, 0.25) is 0 Å². The molecule has 5 aromatic rings. The van der Waals surface area contributed by atoms with Crippen molar-refractivity contribution < 1.29 is 9.53 Å². The lowest BCUT2D eigenvalue weighted by atomic mass is 10.2. The Bertz CT molecular complexity index is 1640. The Morgan fingerprint density at radius 3 is 2.49 bits per heavy atom. The Balaban J connectivity index is 1.21. The minimum Gasteiger partial charge on any atom is -0.457 e. The number of hydrogen-bond acceptors (Lipinski definition) is 7. The molecule has 1 aromatic heterocycles. The molecule has 0 fully saturated rings. The molecular formula is C31H27ClN6O2S. The number of anilines is 1. The predicted octanol–water partition coefficient (Wildman–Crippen LogP) is 6.88. The number of carbonyl (C=O) groups is 1. The van der Waals surface area contributed by atoms with Crippen molar-refractivity contribution in [3.8, 4) is 17.2 Å². The molecule has 0 aliphatic rings. The fourth-order valence-electron chi connectivity index (χ4n) is 3.97. The second-order valence-electron chi connectivity index (χ2n) is 8.95. The molecule has 0 radical (unpaired) electrons. The number of nitrogens with one attached hydrogen (secondary N) is 2. The van der Waals surface area contributed by atoms with E-state index in [2.05, 4.69) is 26.0 Å². The molecule has 41 heavy (non-hydrogen) atoms. The van der Waals surface area contributed by atoms with Crippen molar-refractivity contribution >= 4 is 41.2 Å². The van der Waals surface area contributed by atoms with E-state index in [0.717, 1.165) is 28.3 Å². The highest BCUT2D eigenvalue weighted by Crippen LogP contribution is 2.25. The third-order valence-electron chi connectivity index (χ3n) is 5.91. The summed E-state index contributed by atoms with van der Waals surface area (Å²) in [6.45, 7) is 2.43. The van der Waals surface area contributed by atoms with Crippen LogP contribution in [-0.2, 0) is 11.3 Å². The molecule has 206 valence electrons. The van der Waals surface area contributed by atoms with Gasteiger partial charge in [-0.25, -0.2) is 5.43 Å². The molecule has 1 heterocycles. The molecule has 0 saturated carbocycles. The summed E-state index contributed by atoms with van der Waals surface area (Å²) in [7, 11) is 0. The first-order chi connectivity index (χ1) is 20.0. The first-order valence-electron chi connectivity index (χ1n) is 12.8. The highest BCUT2D eigenvalue weighted by Gasteiger charge is 2.16. The van der Waals surface area contributed by atoms with Gasteiger partial charge in [-0.3, -0.25) is 9.36 Å². The van der Waals surface area contributed by atoms with Gasteiger partial charge in [-0.2, -0.15) is 5.10 Å². The first-order valence-corrected chi connectivity index (χ1v) is 14.2. The van der Waals surface area contributed by atoms with E-state index in [0.29, 0.717) is 28.3 Å². The number of hydrogen-bond donors (Lipinski definition) is 2. The molecule has 0 aliphatic heterocycles. The van der Waals surface area contributed by atoms with E-state index in [9.17, 15) is 4.79 Å². The number of aryl methyl sites for hydroxylation is 1. The number of halogens is 1. The zero-order valence-corrected chi connectivity index (χ0v) is 23.8. The Morgan fingerprint density at radius 2 is 1.71 bits per heavy atom. The number of ether oxygens (including phenoxy) is 1. The van der Waals surface area contributed by atoms with Crippen molar-refractivity contribution in [2.24, 2.45) is 5.10 Å². The molecule has 0 spiro atoms. The molecule has 0 bridgehead atoms. The van der Waals surface area contributed by atoms with Crippen LogP contribution in [0.4, 0.5) is 5.69 Å². The maximum atomic E-state index is 12.6. The molecule has 5 rings (SSSR count). The number of carbonyl (C=O) groups excluding carboxylic acids is 1. The van der Waals surface area contributed by atoms with Crippen molar-refractivity contribution in [3.63, 3.8) is 0 Å². The van der Waals surface area contributed by atoms with Crippen LogP contribution < -0.4 is 15.5 Å². The molecule has 8 nitrogen and oxygen atoms in total. The maximum absolute atomic E-state index is 12.6. The molecule has 0 saturated heterocycles. The summed E-state index contributed by atoms with van der Waals surface area (Å²) in [5, 5.41) is 17.6. The zero-order chi connectivity index (χ0) is 28.4. The fourth-order valence-corrected chi connectivity index (χ4v) is 4.96. The van der Waals surface area contributed by atoms with E-state index in [1.54, 1.807) is 6.21 Å². The van der Waals surface area contributed by atoms with Crippen LogP contribution in [0.2, 0.25) is 5.02 Å². The molecule has 0 unspecified atom stereocenters. The number of nitrogens with zero attached hydrogens (tertiary/aromatic N) is 4. The van der Waals surface area contributed by atoms with Crippen molar-refractivity contribution in [2.75, 3.05) is 11.1 Å². The van der Waals surface area contributed by atoms with Crippen LogP contribution in [0.15, 0.2) is 113 Å². The smallest absolute Gasteiger partial charge is 0.250 e. The highest BCUT2D eigenvalue weighted by atomic mass is 35.5. The lowest BCUT2D eigenvalue weighted by Crippen LogP contribution is -2.20. The van der Waals surface area contributed by atoms with E-state index in [1.807, 2.05) is 115 Å². The van der Waals surface area contributed by atoms with Crippen LogP contribution in [0.25, 0.3) is 5.69 Å². The molecule has 0 aliphatic carbocycles. The van der Waals surface area contributed by atoms with E-state index >= 15 is 0 Å². The second-order valence-corrected chi connectivity index (χ2v) is 10.3. The summed E-state index contributed by atoms with van der Waals surface area (Å²) < 4.78 is 7.80. The van der Waals surface area contributed by atoms with E-state index < -0.39 is 0 Å². The van der Waals surface area contributed by atoms with Gasteiger partial charge in [-0.15, -0.1) is 10.2 Å². The molecular weight excluding hydrogens is 556 g/mol. The van der Waals surface area contributed by atoms with Crippen LogP contribution in [0.1, 0.15) is 17.0 Å². The van der Waals surface area contributed by atoms with Gasteiger partial charge in [0.1, 0.15) is 11.5 Å². The third-order valence-corrected chi connectivity index (χ3v) is 7.08. The number of rotatable bonds is 11. The number of para-hydroxylation sites is 2. The topological polar surface area (TPSA) is 93.4 Å². The molecule has 4 aromatic carbocycles. The monoisotopic (exact) mass is 582 g/mol. The Morgan fingerprint density at radius 1 is 0.951 bits per heavy atom. The normalized spacial score (nSPS) is 11.0. The van der Waals surface area contributed by atoms with Crippen LogP contribution >= 0.6 is 23.4 Å². The SMILES string of the molecule is Cc1cc(Cl)ccc1NCc1nnc(SCC(=O)NN=Cc2cccc(Oc3ccccc3)c2)n1-c1ccccc1. The molecule has 0 atom stereocenters. The van der Waals surface area contributed by atoms with E-state index in [4.69, 9.17) is 16.3 Å². The quantitative estimate of drug-likeness (QED) is 0.100. The van der Waals surface area contributed by atoms with Crippen LogP contribution in [0.3, 0.4) is 0 Å². The zero-order valence-electron chi connectivity index (χ0n) is 22.2. The molecule has 1 amide bonds. The summed E-state index contributed by atoms with van der Waals surface area (Å²) in [6, 6.07) is 32.5. The van der Waals surface area contributed by atoms with E-state index in [-0.39, 0.29) is 11.7 Å². The predicted molar refractivity (Wildman–Crippen MR) is 164 cm³/mol. The summed E-state index contributed by atoms with van der Waals surface area (Å²) in [6.07, 6.45) is 1.58. The summed E-state index contributed by atoms with van der Waals surface area (Å²) in [5.74, 6) is 1.99. The minimum atomic E-state index is -0.262. The number of amides is 1.